The summed E-state index contributed by atoms with van der Waals surface area (Å²) in [6.07, 6.45) is 1.84. The third kappa shape index (κ3) is 4.09. The van der Waals surface area contributed by atoms with Gasteiger partial charge in [0.05, 0.1) is 11.5 Å². The van der Waals surface area contributed by atoms with Crippen LogP contribution in [0.5, 0.6) is 0 Å². The highest BCUT2D eigenvalue weighted by molar-refractivity contribution is 5.86. The maximum Gasteiger partial charge on any atom is 0.410 e. The second kappa shape index (κ2) is 5.83. The number of nitrogens with one attached hydrogen (secondary N) is 1. The summed E-state index contributed by atoms with van der Waals surface area (Å²) in [5.41, 5.74) is -1.03. The van der Waals surface area contributed by atoms with Crippen molar-refractivity contribution in [1.29, 1.82) is 0 Å². The third-order valence-corrected chi connectivity index (χ3v) is 3.79. The number of carbonyl (C=O) groups is 2. The lowest BCUT2D eigenvalue weighted by molar-refractivity contribution is -0.139. The number of rotatable bonds is 3. The molecule has 0 bridgehead atoms. The van der Waals surface area contributed by atoms with Crippen LogP contribution in [0.15, 0.2) is 0 Å². The van der Waals surface area contributed by atoms with Gasteiger partial charge < -0.3 is 19.7 Å². The number of nitrogens with zero attached hydrogens (tertiary/aromatic N) is 1. The summed E-state index contributed by atoms with van der Waals surface area (Å²) in [7, 11) is 0. The maximum absolute atomic E-state index is 12.2. The quantitative estimate of drug-likeness (QED) is 0.858. The summed E-state index contributed by atoms with van der Waals surface area (Å²) in [4.78, 5) is 25.6. The molecule has 2 fully saturated rings. The summed E-state index contributed by atoms with van der Waals surface area (Å²) >= 11 is 0. The van der Waals surface area contributed by atoms with Crippen molar-refractivity contribution >= 4 is 12.0 Å². The van der Waals surface area contributed by atoms with Crippen LogP contribution in [-0.4, -0.2) is 54.8 Å². The first-order chi connectivity index (χ1) is 9.70. The van der Waals surface area contributed by atoms with Crippen molar-refractivity contribution in [2.45, 2.75) is 52.2 Å². The first-order valence-corrected chi connectivity index (χ1v) is 7.57. The molecule has 2 aliphatic rings. The van der Waals surface area contributed by atoms with Gasteiger partial charge >= 0.3 is 6.09 Å². The fourth-order valence-electron chi connectivity index (χ4n) is 2.62. The van der Waals surface area contributed by atoms with Gasteiger partial charge in [-0.3, -0.25) is 4.79 Å². The molecule has 1 atom stereocenters. The van der Waals surface area contributed by atoms with Crippen molar-refractivity contribution in [3.63, 3.8) is 0 Å². The highest BCUT2D eigenvalue weighted by Gasteiger charge is 2.48. The molecule has 2 rings (SSSR count). The lowest BCUT2D eigenvalue weighted by Crippen LogP contribution is -2.64. The summed E-state index contributed by atoms with van der Waals surface area (Å²) in [5, 5.41) is 2.93. The molecule has 0 unspecified atom stereocenters. The molecule has 1 N–H and O–H groups in total. The van der Waals surface area contributed by atoms with Crippen LogP contribution in [0.3, 0.4) is 0 Å². The highest BCUT2D eigenvalue weighted by atomic mass is 16.6. The van der Waals surface area contributed by atoms with E-state index in [4.69, 9.17) is 9.47 Å². The monoisotopic (exact) mass is 298 g/mol. The molecule has 2 aliphatic heterocycles. The van der Waals surface area contributed by atoms with E-state index in [1.807, 2.05) is 27.7 Å². The van der Waals surface area contributed by atoms with E-state index in [2.05, 4.69) is 5.32 Å². The van der Waals surface area contributed by atoms with Crippen molar-refractivity contribution in [2.75, 3.05) is 26.2 Å². The van der Waals surface area contributed by atoms with Gasteiger partial charge in [0.25, 0.3) is 0 Å². The smallest absolute Gasteiger partial charge is 0.410 e. The van der Waals surface area contributed by atoms with Crippen LogP contribution >= 0.6 is 0 Å². The molecule has 6 nitrogen and oxygen atoms in total. The fraction of sp³-hybridized carbons (Fsp3) is 0.867. The Bertz CT molecular complexity index is 404. The Kier molecular flexibility index (Phi) is 4.46. The molecule has 0 spiro atoms. The Morgan fingerprint density at radius 3 is 2.57 bits per heavy atom. The average Bonchev–Trinajstić information content (AvgIpc) is 2.82. The van der Waals surface area contributed by atoms with Crippen molar-refractivity contribution in [1.82, 2.24) is 10.2 Å². The minimum Gasteiger partial charge on any atom is -0.444 e. The van der Waals surface area contributed by atoms with Gasteiger partial charge in [-0.2, -0.15) is 0 Å². The van der Waals surface area contributed by atoms with E-state index in [0.717, 1.165) is 19.4 Å². The third-order valence-electron chi connectivity index (χ3n) is 3.79. The second-order valence-corrected chi connectivity index (χ2v) is 7.24. The second-order valence-electron chi connectivity index (χ2n) is 7.24. The molecule has 2 saturated heterocycles. The van der Waals surface area contributed by atoms with Gasteiger partial charge in [0.15, 0.2) is 0 Å². The molecule has 2 amide bonds. The molecular weight excluding hydrogens is 272 g/mol. The van der Waals surface area contributed by atoms with Crippen LogP contribution in [0.1, 0.15) is 40.5 Å². The topological polar surface area (TPSA) is 67.9 Å². The molecule has 2 heterocycles. The van der Waals surface area contributed by atoms with Crippen LogP contribution in [0.4, 0.5) is 4.79 Å². The Labute approximate surface area is 126 Å². The summed E-state index contributed by atoms with van der Waals surface area (Å²) in [6, 6.07) is 0. The minimum absolute atomic E-state index is 0.0159. The molecule has 0 aromatic carbocycles. The van der Waals surface area contributed by atoms with Crippen molar-refractivity contribution in [3.05, 3.63) is 0 Å². The molecular formula is C15H26N2O4. The zero-order valence-corrected chi connectivity index (χ0v) is 13.4. The maximum atomic E-state index is 12.2. The highest BCUT2D eigenvalue weighted by Crippen LogP contribution is 2.31. The van der Waals surface area contributed by atoms with Crippen LogP contribution in [0.25, 0.3) is 0 Å². The van der Waals surface area contributed by atoms with Gasteiger partial charge in [-0.25, -0.2) is 4.79 Å². The summed E-state index contributed by atoms with van der Waals surface area (Å²) in [5.74, 6) is -0.0159. The molecule has 120 valence electrons. The number of likely N-dealkylation sites (tertiary alicyclic amines) is 1. The normalized spacial score (nSPS) is 24.4. The summed E-state index contributed by atoms with van der Waals surface area (Å²) in [6.45, 7) is 9.51. The number of ether oxygens (including phenoxy) is 2. The number of carbonyl (C=O) groups excluding carboxylic acids is 2. The number of hydrogen-bond acceptors (Lipinski definition) is 4. The van der Waals surface area contributed by atoms with Gasteiger partial charge in [-0.1, -0.05) is 0 Å². The van der Waals surface area contributed by atoms with E-state index >= 15 is 0 Å². The SMILES string of the molecule is CC(C)(C)OC(=O)N1CC(C)(C(=O)NC[C@@H]2CCCO2)C1. The number of hydrogen-bond donors (Lipinski definition) is 1. The summed E-state index contributed by atoms with van der Waals surface area (Å²) < 4.78 is 10.8. The van der Waals surface area contributed by atoms with E-state index in [9.17, 15) is 9.59 Å². The van der Waals surface area contributed by atoms with E-state index in [0.29, 0.717) is 19.6 Å². The van der Waals surface area contributed by atoms with Crippen LogP contribution < -0.4 is 5.32 Å². The van der Waals surface area contributed by atoms with Gasteiger partial charge in [0.1, 0.15) is 5.60 Å². The van der Waals surface area contributed by atoms with Crippen LogP contribution in [0.2, 0.25) is 0 Å². The van der Waals surface area contributed by atoms with Gasteiger partial charge in [-0.05, 0) is 40.5 Å². The lowest BCUT2D eigenvalue weighted by Gasteiger charge is -2.46. The zero-order chi connectivity index (χ0) is 15.7. The molecule has 0 aromatic rings. The Morgan fingerprint density at radius 2 is 2.05 bits per heavy atom. The Balaban J connectivity index is 1.74. The Hall–Kier alpha value is -1.30. The minimum atomic E-state index is -0.518. The molecule has 0 saturated carbocycles. The van der Waals surface area contributed by atoms with Gasteiger partial charge in [-0.15, -0.1) is 0 Å². The molecule has 0 radical (unpaired) electrons. The van der Waals surface area contributed by atoms with Gasteiger partial charge in [0.2, 0.25) is 5.91 Å². The first kappa shape index (κ1) is 16.1. The van der Waals surface area contributed by atoms with Gasteiger partial charge in [0, 0.05) is 26.2 Å². The largest absolute Gasteiger partial charge is 0.444 e. The average molecular weight is 298 g/mol. The van der Waals surface area contributed by atoms with Crippen LogP contribution in [0, 0.1) is 5.41 Å². The molecule has 21 heavy (non-hydrogen) atoms. The molecule has 0 aliphatic carbocycles. The van der Waals surface area contributed by atoms with E-state index < -0.39 is 11.0 Å². The number of amides is 2. The first-order valence-electron chi connectivity index (χ1n) is 7.57. The predicted octanol–water partition coefficient (Wildman–Crippen LogP) is 1.54. The molecule has 0 aromatic heterocycles. The Morgan fingerprint density at radius 1 is 1.38 bits per heavy atom. The van der Waals surface area contributed by atoms with Crippen molar-refractivity contribution in [2.24, 2.45) is 5.41 Å². The van der Waals surface area contributed by atoms with E-state index in [1.54, 1.807) is 4.90 Å². The van der Waals surface area contributed by atoms with Crippen LogP contribution in [-0.2, 0) is 14.3 Å². The fourth-order valence-corrected chi connectivity index (χ4v) is 2.62. The predicted molar refractivity (Wildman–Crippen MR) is 77.9 cm³/mol. The van der Waals surface area contributed by atoms with E-state index in [1.165, 1.54) is 0 Å². The zero-order valence-electron chi connectivity index (χ0n) is 13.4. The molecule has 6 heteroatoms. The van der Waals surface area contributed by atoms with Crippen molar-refractivity contribution in [3.8, 4) is 0 Å². The van der Waals surface area contributed by atoms with E-state index in [-0.39, 0.29) is 18.1 Å². The lowest BCUT2D eigenvalue weighted by atomic mass is 9.81. The van der Waals surface area contributed by atoms with Crippen molar-refractivity contribution < 1.29 is 19.1 Å². The standard InChI is InChI=1S/C15H26N2O4/c1-14(2,3)21-13(19)17-9-15(4,10-17)12(18)16-8-11-6-5-7-20-11/h11H,5-10H2,1-4H3,(H,16,18)/t11-/m0/s1.